The van der Waals surface area contributed by atoms with E-state index >= 15 is 0 Å². The third kappa shape index (κ3) is 4.53. The predicted molar refractivity (Wildman–Crippen MR) is 117 cm³/mol. The molecule has 6 heteroatoms. The van der Waals surface area contributed by atoms with Crippen LogP contribution in [0.2, 0.25) is 0 Å². The fourth-order valence-electron chi connectivity index (χ4n) is 7.06. The number of ether oxygens (including phenoxy) is 2. The van der Waals surface area contributed by atoms with Crippen LogP contribution < -0.4 is 15.4 Å². The summed E-state index contributed by atoms with van der Waals surface area (Å²) < 4.78 is 10.9. The maximum Gasteiger partial charge on any atom is 0.337 e. The molecule has 168 valence electrons. The summed E-state index contributed by atoms with van der Waals surface area (Å²) in [5.41, 5.74) is 0.556. The van der Waals surface area contributed by atoms with Crippen molar-refractivity contribution in [1.29, 1.82) is 0 Å². The van der Waals surface area contributed by atoms with E-state index in [9.17, 15) is 9.59 Å². The molecule has 1 aromatic carbocycles. The SMILES string of the molecule is COC(=O)c1cccc(OC2CCC(NC(=O)NC34CC5CC(CC(C5)C3)C4)CC2)c1. The molecule has 5 aliphatic rings. The van der Waals surface area contributed by atoms with Crippen LogP contribution in [0.25, 0.3) is 0 Å². The molecule has 2 N–H and O–H groups in total. The van der Waals surface area contributed by atoms with Gasteiger partial charge in [-0.25, -0.2) is 9.59 Å². The zero-order valence-electron chi connectivity index (χ0n) is 18.4. The van der Waals surface area contributed by atoms with Crippen molar-refractivity contribution in [2.75, 3.05) is 7.11 Å². The first-order valence-corrected chi connectivity index (χ1v) is 11.9. The highest BCUT2D eigenvalue weighted by atomic mass is 16.5. The van der Waals surface area contributed by atoms with Gasteiger partial charge in [-0.1, -0.05) is 6.07 Å². The second-order valence-corrected chi connectivity index (χ2v) is 10.4. The number of urea groups is 1. The normalized spacial score (nSPS) is 36.0. The van der Waals surface area contributed by atoms with Crippen molar-refractivity contribution in [1.82, 2.24) is 10.6 Å². The monoisotopic (exact) mass is 426 g/mol. The summed E-state index contributed by atoms with van der Waals surface area (Å²) in [6, 6.07) is 7.36. The van der Waals surface area contributed by atoms with Gasteiger partial charge in [0.05, 0.1) is 18.8 Å². The van der Waals surface area contributed by atoms with Gasteiger partial charge in [0.25, 0.3) is 0 Å². The molecular weight excluding hydrogens is 392 g/mol. The fraction of sp³-hybridized carbons (Fsp3) is 0.680. The molecule has 0 atom stereocenters. The lowest BCUT2D eigenvalue weighted by Crippen LogP contribution is -2.62. The lowest BCUT2D eigenvalue weighted by atomic mass is 9.53. The molecule has 6 rings (SSSR count). The number of benzene rings is 1. The van der Waals surface area contributed by atoms with Crippen LogP contribution in [-0.2, 0) is 4.74 Å². The number of methoxy groups -OCH3 is 1. The zero-order chi connectivity index (χ0) is 21.4. The lowest BCUT2D eigenvalue weighted by molar-refractivity contribution is -0.0138. The summed E-state index contributed by atoms with van der Waals surface area (Å²) in [5.74, 6) is 2.83. The largest absolute Gasteiger partial charge is 0.490 e. The van der Waals surface area contributed by atoms with Crippen LogP contribution in [0.5, 0.6) is 5.75 Å². The van der Waals surface area contributed by atoms with E-state index in [0.29, 0.717) is 11.3 Å². The summed E-state index contributed by atoms with van der Waals surface area (Å²) in [6.45, 7) is 0. The Morgan fingerprint density at radius 3 is 2.23 bits per heavy atom. The Labute approximate surface area is 184 Å². The molecule has 5 aliphatic carbocycles. The van der Waals surface area contributed by atoms with Crippen molar-refractivity contribution in [2.45, 2.75) is 81.9 Å². The molecule has 5 saturated carbocycles. The second-order valence-electron chi connectivity index (χ2n) is 10.4. The topological polar surface area (TPSA) is 76.7 Å². The van der Waals surface area contributed by atoms with Crippen molar-refractivity contribution in [3.05, 3.63) is 29.8 Å². The standard InChI is InChI=1S/C25H34N2O4/c1-30-23(28)19-3-2-4-22(12-19)31-21-7-5-20(6-8-21)26-24(29)27-25-13-16-9-17(14-25)11-18(10-16)15-25/h2-4,12,16-18,20-21H,5-11,13-15H2,1H3,(H2,26,27,29). The van der Waals surface area contributed by atoms with Crippen molar-refractivity contribution >= 4 is 12.0 Å². The van der Waals surface area contributed by atoms with E-state index < -0.39 is 0 Å². The average Bonchev–Trinajstić information content (AvgIpc) is 2.73. The third-order valence-electron chi connectivity index (χ3n) is 7.98. The Bertz CT molecular complexity index is 795. The number of esters is 1. The van der Waals surface area contributed by atoms with E-state index in [-0.39, 0.29) is 29.7 Å². The Morgan fingerprint density at radius 1 is 0.968 bits per heavy atom. The number of nitrogens with one attached hydrogen (secondary N) is 2. The van der Waals surface area contributed by atoms with Gasteiger partial charge in [0.2, 0.25) is 0 Å². The summed E-state index contributed by atoms with van der Waals surface area (Å²) in [4.78, 5) is 24.5. The predicted octanol–water partition coefficient (Wildman–Crippen LogP) is 4.43. The summed E-state index contributed by atoms with van der Waals surface area (Å²) in [5, 5.41) is 6.66. The van der Waals surface area contributed by atoms with E-state index in [2.05, 4.69) is 10.6 Å². The van der Waals surface area contributed by atoms with Gasteiger partial charge in [0, 0.05) is 11.6 Å². The molecule has 2 amide bonds. The lowest BCUT2D eigenvalue weighted by Gasteiger charge is -2.56. The molecule has 5 fully saturated rings. The first-order valence-electron chi connectivity index (χ1n) is 11.9. The Hall–Kier alpha value is -2.24. The van der Waals surface area contributed by atoms with E-state index in [1.54, 1.807) is 12.1 Å². The van der Waals surface area contributed by atoms with Crippen LogP contribution in [0.1, 0.15) is 74.6 Å². The van der Waals surface area contributed by atoms with Gasteiger partial charge >= 0.3 is 12.0 Å². The quantitative estimate of drug-likeness (QED) is 0.683. The molecule has 0 unspecified atom stereocenters. The number of carbonyl (C=O) groups excluding carboxylic acids is 2. The average molecular weight is 427 g/mol. The van der Waals surface area contributed by atoms with Gasteiger partial charge in [-0.15, -0.1) is 0 Å². The fourth-order valence-corrected chi connectivity index (χ4v) is 7.06. The van der Waals surface area contributed by atoms with Crippen LogP contribution in [-0.4, -0.2) is 36.8 Å². The summed E-state index contributed by atoms with van der Waals surface area (Å²) >= 11 is 0. The van der Waals surface area contributed by atoms with Crippen molar-refractivity contribution < 1.29 is 19.1 Å². The molecule has 0 aliphatic heterocycles. The summed E-state index contributed by atoms with van der Waals surface area (Å²) in [7, 11) is 1.38. The first-order chi connectivity index (χ1) is 15.0. The molecule has 0 aromatic heterocycles. The number of hydrogen-bond acceptors (Lipinski definition) is 4. The van der Waals surface area contributed by atoms with Crippen molar-refractivity contribution in [2.24, 2.45) is 17.8 Å². The van der Waals surface area contributed by atoms with E-state index in [1.807, 2.05) is 12.1 Å². The number of hydrogen-bond donors (Lipinski definition) is 2. The van der Waals surface area contributed by atoms with Crippen LogP contribution in [0, 0.1) is 17.8 Å². The number of rotatable bonds is 5. The molecule has 6 nitrogen and oxygen atoms in total. The smallest absolute Gasteiger partial charge is 0.337 e. The van der Waals surface area contributed by atoms with Crippen LogP contribution in [0.3, 0.4) is 0 Å². The van der Waals surface area contributed by atoms with Gasteiger partial charge in [-0.2, -0.15) is 0 Å². The molecule has 0 radical (unpaired) electrons. The van der Waals surface area contributed by atoms with Crippen LogP contribution in [0.15, 0.2) is 24.3 Å². The van der Waals surface area contributed by atoms with Gasteiger partial charge in [0.15, 0.2) is 0 Å². The third-order valence-corrected chi connectivity index (χ3v) is 7.98. The van der Waals surface area contributed by atoms with Crippen LogP contribution >= 0.6 is 0 Å². The van der Waals surface area contributed by atoms with Crippen LogP contribution in [0.4, 0.5) is 4.79 Å². The molecular formula is C25H34N2O4. The Balaban J connectivity index is 1.09. The zero-order valence-corrected chi connectivity index (χ0v) is 18.4. The minimum Gasteiger partial charge on any atom is -0.490 e. The molecule has 31 heavy (non-hydrogen) atoms. The van der Waals surface area contributed by atoms with Crippen molar-refractivity contribution in [3.8, 4) is 5.75 Å². The van der Waals surface area contributed by atoms with Gasteiger partial charge in [-0.3, -0.25) is 0 Å². The minimum absolute atomic E-state index is 0.0251. The van der Waals surface area contributed by atoms with Gasteiger partial charge < -0.3 is 20.1 Å². The molecule has 0 spiro atoms. The maximum absolute atomic E-state index is 12.8. The molecule has 4 bridgehead atoms. The van der Waals surface area contributed by atoms with Gasteiger partial charge in [-0.05, 0) is 100 Å². The van der Waals surface area contributed by atoms with Crippen molar-refractivity contribution in [3.63, 3.8) is 0 Å². The Kier molecular flexibility index (Phi) is 5.57. The number of amides is 2. The van der Waals surface area contributed by atoms with Gasteiger partial charge in [0.1, 0.15) is 5.75 Å². The molecule has 0 saturated heterocycles. The maximum atomic E-state index is 12.8. The molecule has 1 aromatic rings. The second kappa shape index (κ2) is 8.36. The first kappa shape index (κ1) is 20.7. The van der Waals surface area contributed by atoms with E-state index in [0.717, 1.165) is 43.4 Å². The highest BCUT2D eigenvalue weighted by molar-refractivity contribution is 5.89. The summed E-state index contributed by atoms with van der Waals surface area (Å²) in [6.07, 6.45) is 11.4. The highest BCUT2D eigenvalue weighted by Crippen LogP contribution is 2.55. The highest BCUT2D eigenvalue weighted by Gasteiger charge is 2.51. The number of carbonyl (C=O) groups is 2. The molecule has 0 heterocycles. The Morgan fingerprint density at radius 2 is 1.61 bits per heavy atom. The van der Waals surface area contributed by atoms with E-state index in [1.165, 1.54) is 45.6 Å². The van der Waals surface area contributed by atoms with E-state index in [4.69, 9.17) is 9.47 Å². The minimum atomic E-state index is -0.358.